The lowest BCUT2D eigenvalue weighted by Gasteiger charge is -2.10. The maximum Gasteiger partial charge on any atom is 0.231 e. The van der Waals surface area contributed by atoms with Gasteiger partial charge in [0.05, 0.1) is 18.8 Å². The third-order valence-corrected chi connectivity index (χ3v) is 4.62. The summed E-state index contributed by atoms with van der Waals surface area (Å²) in [5.41, 5.74) is 2.08. The Labute approximate surface area is 174 Å². The molecule has 2 N–H and O–H groups in total. The summed E-state index contributed by atoms with van der Waals surface area (Å²) >= 11 is 1.63. The molecule has 1 aliphatic rings. The number of hydrogen-bond acceptors (Lipinski definition) is 6. The van der Waals surface area contributed by atoms with Crippen LogP contribution in [0.5, 0.6) is 11.5 Å². The normalized spacial score (nSPS) is 12.5. The summed E-state index contributed by atoms with van der Waals surface area (Å²) < 4.78 is 10.7. The minimum atomic E-state index is 0. The molecule has 0 spiro atoms. The van der Waals surface area contributed by atoms with Crippen molar-refractivity contribution in [3.05, 3.63) is 34.8 Å². The van der Waals surface area contributed by atoms with E-state index in [2.05, 4.69) is 26.0 Å². The van der Waals surface area contributed by atoms with E-state index in [4.69, 9.17) is 9.47 Å². The van der Waals surface area contributed by atoms with Crippen molar-refractivity contribution in [3.63, 3.8) is 0 Å². The number of aromatic nitrogens is 1. The number of nitrogens with one attached hydrogen (secondary N) is 2. The van der Waals surface area contributed by atoms with Crippen LogP contribution in [0.3, 0.4) is 0 Å². The summed E-state index contributed by atoms with van der Waals surface area (Å²) in [6, 6.07) is 5.90. The Morgan fingerprint density at radius 1 is 1.27 bits per heavy atom. The van der Waals surface area contributed by atoms with Crippen LogP contribution in [0.1, 0.15) is 18.2 Å². The molecule has 2 aromatic rings. The summed E-state index contributed by atoms with van der Waals surface area (Å²) in [5, 5.41) is 9.63. The van der Waals surface area contributed by atoms with Crippen molar-refractivity contribution in [2.75, 3.05) is 32.3 Å². The van der Waals surface area contributed by atoms with E-state index in [0.717, 1.165) is 40.4 Å². The van der Waals surface area contributed by atoms with E-state index in [1.165, 1.54) is 0 Å². The van der Waals surface area contributed by atoms with Gasteiger partial charge < -0.3 is 25.0 Å². The van der Waals surface area contributed by atoms with Gasteiger partial charge >= 0.3 is 0 Å². The molecule has 1 aromatic heterocycles. The van der Waals surface area contributed by atoms with Gasteiger partial charge in [-0.3, -0.25) is 0 Å². The molecule has 0 atom stereocenters. The van der Waals surface area contributed by atoms with Crippen LogP contribution in [0.25, 0.3) is 0 Å². The van der Waals surface area contributed by atoms with Crippen LogP contribution in [-0.4, -0.2) is 38.4 Å². The van der Waals surface area contributed by atoms with Gasteiger partial charge in [0, 0.05) is 26.0 Å². The second-order valence-corrected chi connectivity index (χ2v) is 6.59. The number of fused-ring (bicyclic) bond motifs is 1. The topological polar surface area (TPSA) is 71.0 Å². The van der Waals surface area contributed by atoms with Gasteiger partial charge in [0.2, 0.25) is 6.79 Å². The lowest BCUT2D eigenvalue weighted by atomic mass is 10.2. The molecule has 0 saturated heterocycles. The number of rotatable bonds is 6. The number of nitrogens with zero attached hydrogens (tertiary/aromatic N) is 3. The molecule has 2 heterocycles. The highest BCUT2D eigenvalue weighted by atomic mass is 127. The number of ether oxygens (including phenoxy) is 2. The summed E-state index contributed by atoms with van der Waals surface area (Å²) in [6.45, 7) is 4.33. The maximum atomic E-state index is 5.41. The van der Waals surface area contributed by atoms with Crippen molar-refractivity contribution < 1.29 is 9.47 Å². The molecule has 142 valence electrons. The first-order chi connectivity index (χ1) is 12.2. The van der Waals surface area contributed by atoms with E-state index in [-0.39, 0.29) is 30.8 Å². The predicted molar refractivity (Wildman–Crippen MR) is 116 cm³/mol. The van der Waals surface area contributed by atoms with Gasteiger partial charge in [0.25, 0.3) is 0 Å². The minimum absolute atomic E-state index is 0. The quantitative estimate of drug-likeness (QED) is 0.370. The number of halogens is 1. The molecule has 0 fully saturated rings. The molecule has 0 aliphatic carbocycles. The molecule has 0 bridgehead atoms. The van der Waals surface area contributed by atoms with Crippen LogP contribution in [0.2, 0.25) is 0 Å². The fourth-order valence-corrected chi connectivity index (χ4v) is 3.07. The average Bonchev–Trinajstić information content (AvgIpc) is 3.25. The van der Waals surface area contributed by atoms with Gasteiger partial charge in [-0.1, -0.05) is 6.07 Å². The Balaban J connectivity index is 0.00000243. The molecular weight excluding hydrogens is 465 g/mol. The van der Waals surface area contributed by atoms with Gasteiger partial charge in [-0.15, -0.1) is 35.3 Å². The smallest absolute Gasteiger partial charge is 0.231 e. The molecule has 0 radical (unpaired) electrons. The Morgan fingerprint density at radius 2 is 2.08 bits per heavy atom. The lowest BCUT2D eigenvalue weighted by Crippen LogP contribution is -2.36. The van der Waals surface area contributed by atoms with Gasteiger partial charge in [-0.05, 0) is 24.6 Å². The largest absolute Gasteiger partial charge is 0.454 e. The highest BCUT2D eigenvalue weighted by Crippen LogP contribution is 2.32. The van der Waals surface area contributed by atoms with E-state index >= 15 is 0 Å². The summed E-state index contributed by atoms with van der Waals surface area (Å²) in [5.74, 6) is 2.34. The standard InChI is InChI=1S/C17H23N5O2S.HI/c1-4-18-16(20-9-13-10-25-17(21-13)22(2)3)19-8-12-5-6-14-15(7-12)24-11-23-14;/h5-7,10H,4,8-9,11H2,1-3H3,(H2,18,19,20);1H. The Morgan fingerprint density at radius 3 is 2.81 bits per heavy atom. The summed E-state index contributed by atoms with van der Waals surface area (Å²) in [6.07, 6.45) is 0. The van der Waals surface area contributed by atoms with Crippen molar-refractivity contribution in [1.29, 1.82) is 0 Å². The fourth-order valence-electron chi connectivity index (χ4n) is 2.31. The molecule has 1 aromatic carbocycles. The number of guanidine groups is 1. The molecule has 7 nitrogen and oxygen atoms in total. The Bertz CT molecular complexity index is 751. The molecule has 0 unspecified atom stereocenters. The number of anilines is 1. The van der Waals surface area contributed by atoms with E-state index in [1.54, 1.807) is 11.3 Å². The maximum absolute atomic E-state index is 5.41. The van der Waals surface area contributed by atoms with Crippen molar-refractivity contribution in [3.8, 4) is 11.5 Å². The second-order valence-electron chi connectivity index (χ2n) is 5.75. The van der Waals surface area contributed by atoms with E-state index in [0.29, 0.717) is 13.1 Å². The molecule has 1 aliphatic heterocycles. The van der Waals surface area contributed by atoms with Crippen LogP contribution in [-0.2, 0) is 13.1 Å². The van der Waals surface area contributed by atoms with Crippen molar-refractivity contribution >= 4 is 46.4 Å². The first-order valence-corrected chi connectivity index (χ1v) is 9.06. The highest BCUT2D eigenvalue weighted by molar-refractivity contribution is 14.0. The number of aliphatic imine (C=N–C) groups is 1. The van der Waals surface area contributed by atoms with Crippen molar-refractivity contribution in [2.45, 2.75) is 20.0 Å². The number of thiazole rings is 1. The zero-order valence-corrected chi connectivity index (χ0v) is 18.3. The molecule has 26 heavy (non-hydrogen) atoms. The molecular formula is C17H24IN5O2S. The van der Waals surface area contributed by atoms with E-state index in [9.17, 15) is 0 Å². The minimum Gasteiger partial charge on any atom is -0.454 e. The molecule has 9 heteroatoms. The zero-order chi connectivity index (χ0) is 17.6. The van der Waals surface area contributed by atoms with Crippen LogP contribution < -0.4 is 25.0 Å². The van der Waals surface area contributed by atoms with Crippen LogP contribution in [0.4, 0.5) is 5.13 Å². The SMILES string of the molecule is CCNC(=NCc1ccc2c(c1)OCO2)NCc1csc(N(C)C)n1.I. The predicted octanol–water partition coefficient (Wildman–Crippen LogP) is 2.81. The van der Waals surface area contributed by atoms with Gasteiger partial charge in [-0.25, -0.2) is 9.98 Å². The van der Waals surface area contributed by atoms with Crippen LogP contribution >= 0.6 is 35.3 Å². The van der Waals surface area contributed by atoms with E-state index < -0.39 is 0 Å². The van der Waals surface area contributed by atoms with Gasteiger partial charge in [0.15, 0.2) is 22.6 Å². The molecule has 3 rings (SSSR count). The van der Waals surface area contributed by atoms with Crippen molar-refractivity contribution in [2.24, 2.45) is 4.99 Å². The average molecular weight is 489 g/mol. The third kappa shape index (κ3) is 5.37. The third-order valence-electron chi connectivity index (χ3n) is 3.56. The summed E-state index contributed by atoms with van der Waals surface area (Å²) in [7, 11) is 3.99. The number of hydrogen-bond donors (Lipinski definition) is 2. The Hall–Kier alpha value is -1.75. The lowest BCUT2D eigenvalue weighted by molar-refractivity contribution is 0.174. The second kappa shape index (κ2) is 9.81. The van der Waals surface area contributed by atoms with Crippen molar-refractivity contribution in [1.82, 2.24) is 15.6 Å². The summed E-state index contributed by atoms with van der Waals surface area (Å²) in [4.78, 5) is 11.2. The fraction of sp³-hybridized carbons (Fsp3) is 0.412. The first kappa shape index (κ1) is 20.6. The highest BCUT2D eigenvalue weighted by Gasteiger charge is 2.13. The first-order valence-electron chi connectivity index (χ1n) is 8.18. The monoisotopic (exact) mass is 489 g/mol. The Kier molecular flexibility index (Phi) is 7.76. The number of benzene rings is 1. The zero-order valence-electron chi connectivity index (χ0n) is 15.1. The van der Waals surface area contributed by atoms with Crippen LogP contribution in [0.15, 0.2) is 28.6 Å². The van der Waals surface area contributed by atoms with Crippen LogP contribution in [0, 0.1) is 0 Å². The van der Waals surface area contributed by atoms with E-state index in [1.807, 2.05) is 44.1 Å². The van der Waals surface area contributed by atoms with Gasteiger partial charge in [0.1, 0.15) is 0 Å². The molecule has 0 amide bonds. The van der Waals surface area contributed by atoms with Gasteiger partial charge in [-0.2, -0.15) is 0 Å². The molecule has 0 saturated carbocycles.